The van der Waals surface area contributed by atoms with Crippen molar-refractivity contribution < 1.29 is 9.84 Å². The standard InChI is InChI=1S/C18H27NO2/c1-2-21-17-10-16(11-19-12-17)18(20)15-8-7-13-5-3-4-6-14(13)9-15/h10-15,18,20H,2-9H2,1H3. The first-order chi connectivity index (χ1) is 10.3. The molecule has 0 aliphatic heterocycles. The highest BCUT2D eigenvalue weighted by Gasteiger charge is 2.35. The number of rotatable bonds is 4. The number of ether oxygens (including phenoxy) is 1. The molecule has 3 heteroatoms. The monoisotopic (exact) mass is 289 g/mol. The van der Waals surface area contributed by atoms with Crippen molar-refractivity contribution in [3.05, 3.63) is 24.0 Å². The minimum absolute atomic E-state index is 0.388. The lowest BCUT2D eigenvalue weighted by Gasteiger charge is -2.40. The van der Waals surface area contributed by atoms with Crippen LogP contribution in [0.3, 0.4) is 0 Å². The van der Waals surface area contributed by atoms with Crippen LogP contribution >= 0.6 is 0 Å². The fraction of sp³-hybridized carbons (Fsp3) is 0.722. The van der Waals surface area contributed by atoms with E-state index in [9.17, 15) is 5.11 Å². The lowest BCUT2D eigenvalue weighted by Crippen LogP contribution is -2.30. The summed E-state index contributed by atoms with van der Waals surface area (Å²) in [6.07, 6.45) is 12.3. The average Bonchev–Trinajstić information content (AvgIpc) is 2.54. The van der Waals surface area contributed by atoms with Crippen LogP contribution in [0.2, 0.25) is 0 Å². The molecule has 0 aromatic carbocycles. The second-order valence-electron chi connectivity index (χ2n) is 6.71. The molecule has 2 fully saturated rings. The van der Waals surface area contributed by atoms with Crippen LogP contribution in [0, 0.1) is 17.8 Å². The van der Waals surface area contributed by atoms with Gasteiger partial charge in [0, 0.05) is 11.8 Å². The number of hydrogen-bond acceptors (Lipinski definition) is 3. The van der Waals surface area contributed by atoms with E-state index in [1.807, 2.05) is 13.0 Å². The van der Waals surface area contributed by atoms with Crippen molar-refractivity contribution in [2.24, 2.45) is 17.8 Å². The second-order valence-corrected chi connectivity index (χ2v) is 6.71. The predicted molar refractivity (Wildman–Crippen MR) is 83.2 cm³/mol. The first kappa shape index (κ1) is 14.8. The quantitative estimate of drug-likeness (QED) is 0.906. The molecule has 3 nitrogen and oxygen atoms in total. The van der Waals surface area contributed by atoms with E-state index in [4.69, 9.17) is 4.74 Å². The third-order valence-electron chi connectivity index (χ3n) is 5.41. The van der Waals surface area contributed by atoms with Crippen molar-refractivity contribution in [1.82, 2.24) is 4.98 Å². The van der Waals surface area contributed by atoms with Crippen LogP contribution < -0.4 is 4.74 Å². The molecule has 1 heterocycles. The van der Waals surface area contributed by atoms with Crippen molar-refractivity contribution in [3.63, 3.8) is 0 Å². The third kappa shape index (κ3) is 3.39. The lowest BCUT2D eigenvalue weighted by molar-refractivity contribution is 0.0346. The maximum Gasteiger partial charge on any atom is 0.137 e. The molecule has 3 rings (SSSR count). The Kier molecular flexibility index (Phi) is 4.79. The molecule has 21 heavy (non-hydrogen) atoms. The van der Waals surface area contributed by atoms with E-state index in [0.29, 0.717) is 12.5 Å². The Bertz CT molecular complexity index is 462. The van der Waals surface area contributed by atoms with Crippen molar-refractivity contribution >= 4 is 0 Å². The van der Waals surface area contributed by atoms with E-state index in [2.05, 4.69) is 4.98 Å². The smallest absolute Gasteiger partial charge is 0.137 e. The van der Waals surface area contributed by atoms with Gasteiger partial charge in [0.15, 0.2) is 0 Å². The molecule has 0 spiro atoms. The molecule has 1 aromatic rings. The summed E-state index contributed by atoms with van der Waals surface area (Å²) < 4.78 is 5.50. The molecule has 2 aliphatic rings. The maximum atomic E-state index is 10.7. The van der Waals surface area contributed by atoms with Gasteiger partial charge in [0.1, 0.15) is 5.75 Å². The van der Waals surface area contributed by atoms with Gasteiger partial charge < -0.3 is 9.84 Å². The van der Waals surface area contributed by atoms with Gasteiger partial charge >= 0.3 is 0 Å². The van der Waals surface area contributed by atoms with E-state index in [1.54, 1.807) is 12.4 Å². The minimum atomic E-state index is -0.388. The third-order valence-corrected chi connectivity index (χ3v) is 5.41. The van der Waals surface area contributed by atoms with Crippen LogP contribution in [0.25, 0.3) is 0 Å². The zero-order valence-electron chi connectivity index (χ0n) is 13.0. The van der Waals surface area contributed by atoms with Gasteiger partial charge in [-0.05, 0) is 50.0 Å². The molecule has 0 amide bonds. The summed E-state index contributed by atoms with van der Waals surface area (Å²) in [5.41, 5.74) is 0.917. The number of fused-ring (bicyclic) bond motifs is 1. The number of hydrogen-bond donors (Lipinski definition) is 1. The van der Waals surface area contributed by atoms with Crippen LogP contribution in [-0.4, -0.2) is 16.7 Å². The van der Waals surface area contributed by atoms with Gasteiger partial charge in [-0.25, -0.2) is 0 Å². The van der Waals surface area contributed by atoms with Crippen LogP contribution in [0.4, 0.5) is 0 Å². The Morgan fingerprint density at radius 3 is 2.81 bits per heavy atom. The summed E-state index contributed by atoms with van der Waals surface area (Å²) in [6, 6.07) is 1.95. The van der Waals surface area contributed by atoms with E-state index in [0.717, 1.165) is 29.6 Å². The van der Waals surface area contributed by atoms with Gasteiger partial charge in [0.25, 0.3) is 0 Å². The highest BCUT2D eigenvalue weighted by atomic mass is 16.5. The zero-order chi connectivity index (χ0) is 14.7. The molecule has 4 unspecified atom stereocenters. The fourth-order valence-corrected chi connectivity index (χ4v) is 4.31. The molecular formula is C18H27NO2. The Labute approximate surface area is 127 Å². The van der Waals surface area contributed by atoms with Gasteiger partial charge in [-0.1, -0.05) is 25.7 Å². The molecular weight excluding hydrogens is 262 g/mol. The van der Waals surface area contributed by atoms with Crippen molar-refractivity contribution in [1.29, 1.82) is 0 Å². The molecule has 0 saturated heterocycles. The molecule has 2 saturated carbocycles. The summed E-state index contributed by atoms with van der Waals surface area (Å²) in [4.78, 5) is 4.22. The van der Waals surface area contributed by atoms with Crippen LogP contribution in [-0.2, 0) is 0 Å². The topological polar surface area (TPSA) is 42.4 Å². The van der Waals surface area contributed by atoms with E-state index < -0.39 is 0 Å². The van der Waals surface area contributed by atoms with Gasteiger partial charge in [-0.2, -0.15) is 0 Å². The van der Waals surface area contributed by atoms with Crippen LogP contribution in [0.15, 0.2) is 18.5 Å². The number of aliphatic hydroxyl groups excluding tert-OH is 1. The second kappa shape index (κ2) is 6.78. The van der Waals surface area contributed by atoms with Crippen LogP contribution in [0.5, 0.6) is 5.75 Å². The molecule has 0 bridgehead atoms. The molecule has 1 aromatic heterocycles. The van der Waals surface area contributed by atoms with E-state index in [-0.39, 0.29) is 6.10 Å². The van der Waals surface area contributed by atoms with E-state index >= 15 is 0 Å². The molecule has 2 aliphatic carbocycles. The zero-order valence-corrected chi connectivity index (χ0v) is 13.0. The predicted octanol–water partition coefficient (Wildman–Crippen LogP) is 4.12. The summed E-state index contributed by atoms with van der Waals surface area (Å²) >= 11 is 0. The molecule has 1 N–H and O–H groups in total. The SMILES string of the molecule is CCOc1cncc(C(O)C2CCC3CCCCC3C2)c1. The maximum absolute atomic E-state index is 10.7. The first-order valence-electron chi connectivity index (χ1n) is 8.53. The van der Waals surface area contributed by atoms with Gasteiger partial charge in [0.05, 0.1) is 18.9 Å². The Hall–Kier alpha value is -1.09. The molecule has 4 atom stereocenters. The number of aromatic nitrogens is 1. The van der Waals surface area contributed by atoms with Gasteiger partial charge in [-0.3, -0.25) is 4.98 Å². The normalized spacial score (nSPS) is 30.5. The van der Waals surface area contributed by atoms with Gasteiger partial charge in [-0.15, -0.1) is 0 Å². The lowest BCUT2D eigenvalue weighted by atomic mass is 9.66. The minimum Gasteiger partial charge on any atom is -0.492 e. The fourth-order valence-electron chi connectivity index (χ4n) is 4.31. The highest BCUT2D eigenvalue weighted by molar-refractivity contribution is 5.25. The average molecular weight is 289 g/mol. The van der Waals surface area contributed by atoms with Crippen molar-refractivity contribution in [3.8, 4) is 5.75 Å². The molecule has 0 radical (unpaired) electrons. The first-order valence-corrected chi connectivity index (χ1v) is 8.53. The Balaban J connectivity index is 1.67. The Morgan fingerprint density at radius 2 is 2.00 bits per heavy atom. The largest absolute Gasteiger partial charge is 0.492 e. The molecule has 116 valence electrons. The number of nitrogens with zero attached hydrogens (tertiary/aromatic N) is 1. The summed E-state index contributed by atoms with van der Waals surface area (Å²) in [5, 5.41) is 10.7. The van der Waals surface area contributed by atoms with Crippen molar-refractivity contribution in [2.75, 3.05) is 6.61 Å². The summed E-state index contributed by atoms with van der Waals surface area (Å²) in [7, 11) is 0. The van der Waals surface area contributed by atoms with E-state index in [1.165, 1.54) is 38.5 Å². The Morgan fingerprint density at radius 1 is 1.19 bits per heavy atom. The number of aliphatic hydroxyl groups is 1. The summed E-state index contributed by atoms with van der Waals surface area (Å²) in [5.74, 6) is 2.92. The number of pyridine rings is 1. The summed E-state index contributed by atoms with van der Waals surface area (Å²) in [6.45, 7) is 2.60. The highest BCUT2D eigenvalue weighted by Crippen LogP contribution is 2.46. The van der Waals surface area contributed by atoms with Crippen LogP contribution in [0.1, 0.15) is 63.5 Å². The van der Waals surface area contributed by atoms with Crippen molar-refractivity contribution in [2.45, 2.75) is 58.0 Å². The van der Waals surface area contributed by atoms with Gasteiger partial charge in [0.2, 0.25) is 0 Å².